The van der Waals surface area contributed by atoms with E-state index in [0.29, 0.717) is 0 Å². The highest BCUT2D eigenvalue weighted by Crippen LogP contribution is 2.27. The molecule has 1 aromatic heterocycles. The molecule has 2 aromatic rings. The molecular formula is C15H20N2. The first-order valence-electron chi connectivity index (χ1n) is 6.37. The largest absolute Gasteiger partial charge is 0.372 e. The van der Waals surface area contributed by atoms with Gasteiger partial charge in [-0.05, 0) is 44.0 Å². The molecule has 0 fully saturated rings. The van der Waals surface area contributed by atoms with Crippen LogP contribution in [0.5, 0.6) is 0 Å². The molecule has 2 rings (SSSR count). The van der Waals surface area contributed by atoms with E-state index in [0.717, 1.165) is 18.6 Å². The second-order valence-electron chi connectivity index (χ2n) is 4.36. The summed E-state index contributed by atoms with van der Waals surface area (Å²) in [7, 11) is 0. The molecule has 0 aliphatic carbocycles. The molecule has 0 aliphatic rings. The summed E-state index contributed by atoms with van der Waals surface area (Å²) >= 11 is 0. The van der Waals surface area contributed by atoms with E-state index in [-0.39, 0.29) is 0 Å². The van der Waals surface area contributed by atoms with E-state index in [1.807, 2.05) is 12.3 Å². The number of hydrogen-bond donors (Lipinski definition) is 0. The maximum Gasteiger partial charge on any atom is 0.0706 e. The Morgan fingerprint density at radius 3 is 2.71 bits per heavy atom. The summed E-state index contributed by atoms with van der Waals surface area (Å²) in [6.07, 6.45) is 3.03. The molecule has 2 nitrogen and oxygen atoms in total. The fourth-order valence-corrected chi connectivity index (χ4v) is 2.35. The van der Waals surface area contributed by atoms with Gasteiger partial charge < -0.3 is 4.90 Å². The summed E-state index contributed by atoms with van der Waals surface area (Å²) in [6.45, 7) is 8.80. The highest BCUT2D eigenvalue weighted by atomic mass is 15.1. The normalized spacial score (nSPS) is 10.8. The van der Waals surface area contributed by atoms with E-state index in [1.54, 1.807) is 0 Å². The molecule has 0 unspecified atom stereocenters. The summed E-state index contributed by atoms with van der Waals surface area (Å²) in [4.78, 5) is 6.83. The van der Waals surface area contributed by atoms with E-state index in [2.05, 4.69) is 48.9 Å². The molecule has 17 heavy (non-hydrogen) atoms. The quantitative estimate of drug-likeness (QED) is 0.791. The van der Waals surface area contributed by atoms with Crippen LogP contribution in [-0.2, 0) is 0 Å². The lowest BCUT2D eigenvalue weighted by Gasteiger charge is -2.25. The van der Waals surface area contributed by atoms with Gasteiger partial charge in [0.2, 0.25) is 0 Å². The van der Waals surface area contributed by atoms with Gasteiger partial charge in [-0.1, -0.05) is 13.0 Å². The van der Waals surface area contributed by atoms with Gasteiger partial charge in [0.1, 0.15) is 0 Å². The standard InChI is InChI=1S/C15H20N2/c1-4-11-17(5-2)15-9-8-14-13(12(15)3)7-6-10-16-14/h6-10H,4-5,11H2,1-3H3. The van der Waals surface area contributed by atoms with Crippen molar-refractivity contribution in [2.75, 3.05) is 18.0 Å². The Labute approximate surface area is 103 Å². The molecule has 0 amide bonds. The Kier molecular flexibility index (Phi) is 3.62. The number of nitrogens with zero attached hydrogens (tertiary/aromatic N) is 2. The molecule has 2 heteroatoms. The van der Waals surface area contributed by atoms with Crippen molar-refractivity contribution < 1.29 is 0 Å². The van der Waals surface area contributed by atoms with Crippen molar-refractivity contribution in [2.45, 2.75) is 27.2 Å². The van der Waals surface area contributed by atoms with Crippen LogP contribution >= 0.6 is 0 Å². The van der Waals surface area contributed by atoms with Gasteiger partial charge in [-0.2, -0.15) is 0 Å². The number of anilines is 1. The smallest absolute Gasteiger partial charge is 0.0706 e. The molecule has 0 radical (unpaired) electrons. The van der Waals surface area contributed by atoms with Crippen LogP contribution in [0.15, 0.2) is 30.5 Å². The lowest BCUT2D eigenvalue weighted by atomic mass is 10.1. The van der Waals surface area contributed by atoms with Crippen LogP contribution in [0.1, 0.15) is 25.8 Å². The lowest BCUT2D eigenvalue weighted by molar-refractivity contribution is 0.790. The predicted molar refractivity (Wildman–Crippen MR) is 74.7 cm³/mol. The first-order chi connectivity index (χ1) is 8.27. The van der Waals surface area contributed by atoms with Crippen molar-refractivity contribution in [1.82, 2.24) is 4.98 Å². The van der Waals surface area contributed by atoms with Gasteiger partial charge in [0, 0.05) is 30.4 Å². The summed E-state index contributed by atoms with van der Waals surface area (Å²) < 4.78 is 0. The van der Waals surface area contributed by atoms with Crippen LogP contribution in [0.3, 0.4) is 0 Å². The average molecular weight is 228 g/mol. The summed E-state index contributed by atoms with van der Waals surface area (Å²) in [5.41, 5.74) is 3.77. The first kappa shape index (κ1) is 11.9. The van der Waals surface area contributed by atoms with E-state index in [4.69, 9.17) is 0 Å². The van der Waals surface area contributed by atoms with Crippen LogP contribution in [-0.4, -0.2) is 18.1 Å². The Morgan fingerprint density at radius 1 is 1.18 bits per heavy atom. The number of fused-ring (bicyclic) bond motifs is 1. The van der Waals surface area contributed by atoms with Crippen LogP contribution < -0.4 is 4.90 Å². The number of aryl methyl sites for hydroxylation is 1. The third kappa shape index (κ3) is 2.26. The van der Waals surface area contributed by atoms with Crippen LogP contribution in [0.2, 0.25) is 0 Å². The predicted octanol–water partition coefficient (Wildman–Crippen LogP) is 3.78. The molecule has 90 valence electrons. The molecule has 0 aliphatic heterocycles. The minimum absolute atomic E-state index is 1.06. The SMILES string of the molecule is CCCN(CC)c1ccc2ncccc2c1C. The fourth-order valence-electron chi connectivity index (χ4n) is 2.35. The second kappa shape index (κ2) is 5.17. The third-order valence-corrected chi connectivity index (χ3v) is 3.24. The zero-order chi connectivity index (χ0) is 12.3. The molecule has 1 heterocycles. The van der Waals surface area contributed by atoms with Crippen LogP contribution in [0, 0.1) is 6.92 Å². The fraction of sp³-hybridized carbons (Fsp3) is 0.400. The van der Waals surface area contributed by atoms with Gasteiger partial charge in [-0.15, -0.1) is 0 Å². The van der Waals surface area contributed by atoms with E-state index >= 15 is 0 Å². The lowest BCUT2D eigenvalue weighted by Crippen LogP contribution is -2.24. The number of rotatable bonds is 4. The average Bonchev–Trinajstić information content (AvgIpc) is 2.37. The van der Waals surface area contributed by atoms with Gasteiger partial charge in [-0.25, -0.2) is 0 Å². The van der Waals surface area contributed by atoms with Crippen molar-refractivity contribution in [3.8, 4) is 0 Å². The molecular weight excluding hydrogens is 208 g/mol. The number of aromatic nitrogens is 1. The van der Waals surface area contributed by atoms with E-state index in [9.17, 15) is 0 Å². The van der Waals surface area contributed by atoms with Gasteiger partial charge in [0.05, 0.1) is 5.52 Å². The maximum absolute atomic E-state index is 4.40. The maximum atomic E-state index is 4.40. The number of pyridine rings is 1. The van der Waals surface area contributed by atoms with Crippen molar-refractivity contribution in [1.29, 1.82) is 0 Å². The summed E-state index contributed by atoms with van der Waals surface area (Å²) in [5, 5.41) is 1.26. The first-order valence-corrected chi connectivity index (χ1v) is 6.37. The highest BCUT2D eigenvalue weighted by Gasteiger charge is 2.09. The van der Waals surface area contributed by atoms with Gasteiger partial charge >= 0.3 is 0 Å². The van der Waals surface area contributed by atoms with Gasteiger partial charge in [0.25, 0.3) is 0 Å². The monoisotopic (exact) mass is 228 g/mol. The van der Waals surface area contributed by atoms with Crippen LogP contribution in [0.25, 0.3) is 10.9 Å². The molecule has 0 bridgehead atoms. The Hall–Kier alpha value is -1.57. The summed E-state index contributed by atoms with van der Waals surface area (Å²) in [5.74, 6) is 0. The van der Waals surface area contributed by atoms with Crippen molar-refractivity contribution in [3.05, 3.63) is 36.0 Å². The van der Waals surface area contributed by atoms with Crippen molar-refractivity contribution in [3.63, 3.8) is 0 Å². The Bertz CT molecular complexity index is 505. The minimum Gasteiger partial charge on any atom is -0.372 e. The minimum atomic E-state index is 1.06. The molecule has 0 saturated carbocycles. The topological polar surface area (TPSA) is 16.1 Å². The van der Waals surface area contributed by atoms with E-state index < -0.39 is 0 Å². The Morgan fingerprint density at radius 2 is 2.00 bits per heavy atom. The second-order valence-corrected chi connectivity index (χ2v) is 4.36. The zero-order valence-electron chi connectivity index (χ0n) is 10.9. The van der Waals surface area contributed by atoms with Crippen molar-refractivity contribution >= 4 is 16.6 Å². The molecule has 0 saturated heterocycles. The highest BCUT2D eigenvalue weighted by molar-refractivity contribution is 5.87. The third-order valence-electron chi connectivity index (χ3n) is 3.24. The molecule has 0 atom stereocenters. The zero-order valence-corrected chi connectivity index (χ0v) is 10.9. The van der Waals surface area contributed by atoms with Gasteiger partial charge in [0.15, 0.2) is 0 Å². The molecule has 0 N–H and O–H groups in total. The number of benzene rings is 1. The van der Waals surface area contributed by atoms with Crippen LogP contribution in [0.4, 0.5) is 5.69 Å². The molecule has 0 spiro atoms. The Balaban J connectivity index is 2.51. The van der Waals surface area contributed by atoms with Crippen molar-refractivity contribution in [2.24, 2.45) is 0 Å². The molecule has 1 aromatic carbocycles. The summed E-state index contributed by atoms with van der Waals surface area (Å²) in [6, 6.07) is 8.48. The number of hydrogen-bond acceptors (Lipinski definition) is 2. The van der Waals surface area contributed by atoms with E-state index in [1.165, 1.54) is 23.1 Å². The van der Waals surface area contributed by atoms with Gasteiger partial charge in [-0.3, -0.25) is 4.98 Å².